The third kappa shape index (κ3) is 2.99. The first-order chi connectivity index (χ1) is 9.34. The van der Waals surface area contributed by atoms with Gasteiger partial charge in [0.2, 0.25) is 5.91 Å². The molecule has 2 aliphatic heterocycles. The van der Waals surface area contributed by atoms with E-state index in [0.717, 1.165) is 38.2 Å². The average molecular weight is 279 g/mol. The lowest BCUT2D eigenvalue weighted by Crippen LogP contribution is -2.49. The summed E-state index contributed by atoms with van der Waals surface area (Å²) in [7, 11) is 0. The summed E-state index contributed by atoms with van der Waals surface area (Å²) in [6.07, 6.45) is 4.48. The zero-order valence-corrected chi connectivity index (χ0v) is 11.9. The quantitative estimate of drug-likeness (QED) is 0.888. The van der Waals surface area contributed by atoms with Gasteiger partial charge in [0.15, 0.2) is 0 Å². The molecule has 4 nitrogen and oxygen atoms in total. The summed E-state index contributed by atoms with van der Waals surface area (Å²) >= 11 is 1.62. The van der Waals surface area contributed by atoms with Crippen molar-refractivity contribution in [2.45, 2.75) is 37.8 Å². The number of nitrogens with zero attached hydrogens (tertiary/aromatic N) is 1. The van der Waals surface area contributed by atoms with Crippen LogP contribution in [0.4, 0.5) is 5.69 Å². The van der Waals surface area contributed by atoms with Crippen LogP contribution in [0.15, 0.2) is 16.8 Å². The van der Waals surface area contributed by atoms with Gasteiger partial charge in [-0.2, -0.15) is 11.3 Å². The number of likely N-dealkylation sites (tertiary alicyclic amines) is 1. The topological polar surface area (TPSA) is 44.4 Å². The molecule has 0 bridgehead atoms. The van der Waals surface area contributed by atoms with E-state index in [0.29, 0.717) is 6.04 Å². The first-order valence-corrected chi connectivity index (χ1v) is 8.08. The van der Waals surface area contributed by atoms with Crippen LogP contribution < -0.4 is 10.6 Å². The monoisotopic (exact) mass is 279 g/mol. The molecule has 0 aromatic carbocycles. The molecule has 0 radical (unpaired) electrons. The third-order valence-electron chi connectivity index (χ3n) is 4.16. The zero-order chi connectivity index (χ0) is 13.1. The van der Waals surface area contributed by atoms with E-state index < -0.39 is 0 Å². The summed E-state index contributed by atoms with van der Waals surface area (Å²) in [5, 5.41) is 10.4. The molecule has 1 aromatic rings. The van der Waals surface area contributed by atoms with Crippen LogP contribution in [-0.4, -0.2) is 42.5 Å². The molecule has 104 valence electrons. The largest absolute Gasteiger partial charge is 0.324 e. The van der Waals surface area contributed by atoms with Gasteiger partial charge in [-0.25, -0.2) is 0 Å². The molecule has 3 rings (SSSR count). The lowest BCUT2D eigenvalue weighted by molar-refractivity contribution is -0.121. The minimum absolute atomic E-state index is 0.0722. The fourth-order valence-corrected chi connectivity index (χ4v) is 3.79. The number of piperidine rings is 1. The predicted molar refractivity (Wildman–Crippen MR) is 78.6 cm³/mol. The molecule has 0 saturated carbocycles. The fourth-order valence-electron chi connectivity index (χ4n) is 3.21. The minimum Gasteiger partial charge on any atom is -0.324 e. The predicted octanol–water partition coefficient (Wildman–Crippen LogP) is 1.90. The van der Waals surface area contributed by atoms with Crippen LogP contribution >= 0.6 is 11.3 Å². The first-order valence-electron chi connectivity index (χ1n) is 7.14. The Balaban J connectivity index is 1.63. The van der Waals surface area contributed by atoms with E-state index in [1.807, 2.05) is 16.8 Å². The van der Waals surface area contributed by atoms with E-state index in [-0.39, 0.29) is 11.9 Å². The van der Waals surface area contributed by atoms with Gasteiger partial charge in [0.25, 0.3) is 0 Å². The number of rotatable bonds is 3. The van der Waals surface area contributed by atoms with Crippen LogP contribution in [0.3, 0.4) is 0 Å². The van der Waals surface area contributed by atoms with Crippen molar-refractivity contribution >= 4 is 22.9 Å². The van der Waals surface area contributed by atoms with E-state index in [1.165, 1.54) is 12.8 Å². The number of hydrogen-bond acceptors (Lipinski definition) is 4. The molecule has 0 aliphatic carbocycles. The molecule has 19 heavy (non-hydrogen) atoms. The van der Waals surface area contributed by atoms with Crippen molar-refractivity contribution in [2.24, 2.45) is 0 Å². The highest BCUT2D eigenvalue weighted by atomic mass is 32.1. The summed E-state index contributed by atoms with van der Waals surface area (Å²) in [6.45, 7) is 3.24. The van der Waals surface area contributed by atoms with Gasteiger partial charge in [-0.3, -0.25) is 9.69 Å². The number of amides is 1. The SMILES string of the molecule is O=C(Nc1ccsc1)C1CCCN1C1CCNCC1. The van der Waals surface area contributed by atoms with Gasteiger partial charge in [0, 0.05) is 11.4 Å². The minimum atomic E-state index is 0.0722. The van der Waals surface area contributed by atoms with Gasteiger partial charge in [-0.05, 0) is 56.8 Å². The second-order valence-electron chi connectivity index (χ2n) is 5.38. The summed E-state index contributed by atoms with van der Waals surface area (Å²) < 4.78 is 0. The molecule has 1 amide bonds. The number of thiophene rings is 1. The summed E-state index contributed by atoms with van der Waals surface area (Å²) in [5.74, 6) is 0.175. The van der Waals surface area contributed by atoms with Crippen LogP contribution in [-0.2, 0) is 4.79 Å². The molecule has 2 saturated heterocycles. The normalized spacial score (nSPS) is 25.6. The molecular weight excluding hydrogens is 258 g/mol. The van der Waals surface area contributed by atoms with E-state index in [4.69, 9.17) is 0 Å². The Morgan fingerprint density at radius 1 is 1.37 bits per heavy atom. The Hall–Kier alpha value is -0.910. The number of carbonyl (C=O) groups excluding carboxylic acids is 1. The van der Waals surface area contributed by atoms with Crippen LogP contribution in [0.5, 0.6) is 0 Å². The highest BCUT2D eigenvalue weighted by molar-refractivity contribution is 7.08. The van der Waals surface area contributed by atoms with Crippen molar-refractivity contribution < 1.29 is 4.79 Å². The molecule has 2 fully saturated rings. The van der Waals surface area contributed by atoms with Gasteiger partial charge >= 0.3 is 0 Å². The summed E-state index contributed by atoms with van der Waals surface area (Å²) in [4.78, 5) is 14.8. The number of nitrogens with one attached hydrogen (secondary N) is 2. The van der Waals surface area contributed by atoms with Gasteiger partial charge in [-0.1, -0.05) is 0 Å². The summed E-state index contributed by atoms with van der Waals surface area (Å²) in [6, 6.07) is 2.62. The zero-order valence-electron chi connectivity index (χ0n) is 11.1. The highest BCUT2D eigenvalue weighted by Crippen LogP contribution is 2.25. The standard InChI is InChI=1S/C14H21N3OS/c18-14(16-11-5-9-19-10-11)13-2-1-8-17(13)12-3-6-15-7-4-12/h5,9-10,12-13,15H,1-4,6-8H2,(H,16,18). The first kappa shape index (κ1) is 13.1. The molecule has 5 heteroatoms. The Kier molecular flexibility index (Phi) is 4.15. The van der Waals surface area contributed by atoms with Gasteiger partial charge < -0.3 is 10.6 Å². The number of carbonyl (C=O) groups is 1. The van der Waals surface area contributed by atoms with Crippen molar-refractivity contribution in [3.8, 4) is 0 Å². The molecule has 1 unspecified atom stereocenters. The maximum atomic E-state index is 12.4. The maximum absolute atomic E-state index is 12.4. The van der Waals surface area contributed by atoms with Crippen LogP contribution in [0.1, 0.15) is 25.7 Å². The molecule has 3 heterocycles. The van der Waals surface area contributed by atoms with E-state index in [2.05, 4.69) is 15.5 Å². The summed E-state index contributed by atoms with van der Waals surface area (Å²) in [5.41, 5.74) is 0.937. The molecule has 2 N–H and O–H groups in total. The van der Waals surface area contributed by atoms with Crippen LogP contribution in [0.2, 0.25) is 0 Å². The smallest absolute Gasteiger partial charge is 0.241 e. The lowest BCUT2D eigenvalue weighted by atomic mass is 10.0. The second-order valence-corrected chi connectivity index (χ2v) is 6.16. The van der Waals surface area contributed by atoms with Crippen molar-refractivity contribution in [2.75, 3.05) is 25.0 Å². The van der Waals surface area contributed by atoms with Crippen molar-refractivity contribution in [3.05, 3.63) is 16.8 Å². The van der Waals surface area contributed by atoms with Crippen LogP contribution in [0.25, 0.3) is 0 Å². The van der Waals surface area contributed by atoms with Crippen molar-refractivity contribution in [1.82, 2.24) is 10.2 Å². The Labute approximate surface area is 118 Å². The third-order valence-corrected chi connectivity index (χ3v) is 4.85. The molecule has 2 aliphatic rings. The number of hydrogen-bond donors (Lipinski definition) is 2. The Bertz CT molecular complexity index is 414. The van der Waals surface area contributed by atoms with Crippen molar-refractivity contribution in [3.63, 3.8) is 0 Å². The van der Waals surface area contributed by atoms with Gasteiger partial charge in [0.05, 0.1) is 11.7 Å². The second kappa shape index (κ2) is 6.03. The van der Waals surface area contributed by atoms with E-state index in [9.17, 15) is 4.79 Å². The average Bonchev–Trinajstić information content (AvgIpc) is 3.10. The Morgan fingerprint density at radius 2 is 2.21 bits per heavy atom. The van der Waals surface area contributed by atoms with Gasteiger partial charge in [0.1, 0.15) is 0 Å². The maximum Gasteiger partial charge on any atom is 0.241 e. The lowest BCUT2D eigenvalue weighted by Gasteiger charge is -2.35. The Morgan fingerprint density at radius 3 is 2.95 bits per heavy atom. The number of anilines is 1. The molecule has 1 atom stereocenters. The van der Waals surface area contributed by atoms with E-state index >= 15 is 0 Å². The van der Waals surface area contributed by atoms with Gasteiger partial charge in [-0.15, -0.1) is 0 Å². The molecular formula is C14H21N3OS. The fraction of sp³-hybridized carbons (Fsp3) is 0.643. The molecule has 1 aromatic heterocycles. The highest BCUT2D eigenvalue weighted by Gasteiger charge is 2.35. The molecule has 0 spiro atoms. The van der Waals surface area contributed by atoms with Crippen molar-refractivity contribution in [1.29, 1.82) is 0 Å². The van der Waals surface area contributed by atoms with Crippen LogP contribution in [0, 0.1) is 0 Å². The van der Waals surface area contributed by atoms with E-state index in [1.54, 1.807) is 11.3 Å².